The van der Waals surface area contributed by atoms with Crippen LogP contribution in [0.1, 0.15) is 13.3 Å². The Balaban J connectivity index is 0. The van der Waals surface area contributed by atoms with Gasteiger partial charge in [0.2, 0.25) is 0 Å². The molecule has 80 valence electrons. The number of hydrogen-bond donors (Lipinski definition) is 1. The van der Waals surface area contributed by atoms with Crippen LogP contribution in [-0.2, 0) is 9.53 Å². The smallest absolute Gasteiger partial charge is 0.391 e. The minimum absolute atomic E-state index is 0. The van der Waals surface area contributed by atoms with Crippen LogP contribution in [0.5, 0.6) is 0 Å². The highest BCUT2D eigenvalue weighted by molar-refractivity contribution is 5.85. The van der Waals surface area contributed by atoms with E-state index in [4.69, 9.17) is 5.73 Å². The number of esters is 1. The molecule has 0 aromatic rings. The topological polar surface area (TPSA) is 52.3 Å². The van der Waals surface area contributed by atoms with Crippen LogP contribution in [0, 0.1) is 0 Å². The summed E-state index contributed by atoms with van der Waals surface area (Å²) >= 11 is 0. The Labute approximate surface area is 79.8 Å². The Morgan fingerprint density at radius 1 is 1.54 bits per heavy atom. The molecule has 2 N–H and O–H groups in total. The van der Waals surface area contributed by atoms with Gasteiger partial charge < -0.3 is 10.5 Å². The van der Waals surface area contributed by atoms with Crippen molar-refractivity contribution < 1.29 is 22.7 Å². The standard InChI is InChI=1S/C6H10F3NO2.ClH/c1-2-12-5(11)4(10)3-6(7,8)9;/h4H,2-3,10H2,1H3;1H/t4-;/m1./s1. The number of rotatable bonds is 3. The average Bonchev–Trinajstić information content (AvgIpc) is 1.84. The first-order valence-corrected chi connectivity index (χ1v) is 3.35. The molecule has 0 rings (SSSR count). The van der Waals surface area contributed by atoms with Gasteiger partial charge in [-0.15, -0.1) is 12.4 Å². The highest BCUT2D eigenvalue weighted by Gasteiger charge is 2.33. The van der Waals surface area contributed by atoms with Crippen LogP contribution in [0.3, 0.4) is 0 Å². The lowest BCUT2D eigenvalue weighted by molar-refractivity contribution is -0.160. The Morgan fingerprint density at radius 3 is 2.31 bits per heavy atom. The summed E-state index contributed by atoms with van der Waals surface area (Å²) in [5.41, 5.74) is 4.89. The van der Waals surface area contributed by atoms with Gasteiger partial charge in [0.1, 0.15) is 6.04 Å². The van der Waals surface area contributed by atoms with Gasteiger partial charge in [-0.2, -0.15) is 13.2 Å². The highest BCUT2D eigenvalue weighted by atomic mass is 35.5. The Hall–Kier alpha value is -0.490. The van der Waals surface area contributed by atoms with Crippen molar-refractivity contribution in [1.29, 1.82) is 0 Å². The Bertz CT molecular complexity index is 162. The molecule has 0 aromatic carbocycles. The zero-order chi connectivity index (χ0) is 9.78. The summed E-state index contributed by atoms with van der Waals surface area (Å²) in [6.07, 6.45) is -5.77. The summed E-state index contributed by atoms with van der Waals surface area (Å²) in [5, 5.41) is 0. The molecule has 0 aliphatic heterocycles. The van der Waals surface area contributed by atoms with E-state index in [0.717, 1.165) is 0 Å². The van der Waals surface area contributed by atoms with E-state index >= 15 is 0 Å². The second-order valence-corrected chi connectivity index (χ2v) is 2.18. The number of carbonyl (C=O) groups excluding carboxylic acids is 1. The molecule has 0 radical (unpaired) electrons. The van der Waals surface area contributed by atoms with Crippen molar-refractivity contribution in [2.24, 2.45) is 5.73 Å². The zero-order valence-electron chi connectivity index (χ0n) is 6.93. The van der Waals surface area contributed by atoms with E-state index in [-0.39, 0.29) is 19.0 Å². The number of ether oxygens (including phenoxy) is 1. The van der Waals surface area contributed by atoms with Crippen molar-refractivity contribution >= 4 is 18.4 Å². The summed E-state index contributed by atoms with van der Waals surface area (Å²) in [4.78, 5) is 10.6. The van der Waals surface area contributed by atoms with Crippen LogP contribution < -0.4 is 5.73 Å². The summed E-state index contributed by atoms with van der Waals surface area (Å²) in [5.74, 6) is -1.02. The fourth-order valence-corrected chi connectivity index (χ4v) is 0.582. The van der Waals surface area contributed by atoms with Gasteiger partial charge in [-0.3, -0.25) is 4.79 Å². The molecule has 0 saturated heterocycles. The van der Waals surface area contributed by atoms with Crippen molar-refractivity contribution in [2.45, 2.75) is 25.6 Å². The summed E-state index contributed by atoms with van der Waals surface area (Å²) in [6.45, 7) is 1.53. The molecule has 0 aliphatic carbocycles. The molecular weight excluding hydrogens is 211 g/mol. The minimum atomic E-state index is -4.42. The quantitative estimate of drug-likeness (QED) is 0.730. The van der Waals surface area contributed by atoms with Crippen molar-refractivity contribution in [3.63, 3.8) is 0 Å². The van der Waals surface area contributed by atoms with E-state index in [2.05, 4.69) is 4.74 Å². The second-order valence-electron chi connectivity index (χ2n) is 2.18. The van der Waals surface area contributed by atoms with E-state index in [1.807, 2.05) is 0 Å². The highest BCUT2D eigenvalue weighted by Crippen LogP contribution is 2.20. The predicted octanol–water partition coefficient (Wildman–Crippen LogP) is 1.25. The summed E-state index contributed by atoms with van der Waals surface area (Å²) in [7, 11) is 0. The fourth-order valence-electron chi connectivity index (χ4n) is 0.582. The first kappa shape index (κ1) is 15.0. The monoisotopic (exact) mass is 221 g/mol. The lowest BCUT2D eigenvalue weighted by atomic mass is 10.2. The summed E-state index contributed by atoms with van der Waals surface area (Å²) in [6, 6.07) is -1.61. The van der Waals surface area contributed by atoms with Crippen molar-refractivity contribution in [1.82, 2.24) is 0 Å². The zero-order valence-corrected chi connectivity index (χ0v) is 7.74. The maximum Gasteiger partial charge on any atom is 0.391 e. The molecule has 0 aliphatic rings. The van der Waals surface area contributed by atoms with Crippen molar-refractivity contribution in [2.75, 3.05) is 6.61 Å². The van der Waals surface area contributed by atoms with Crippen LogP contribution in [-0.4, -0.2) is 24.8 Å². The van der Waals surface area contributed by atoms with Gasteiger partial charge in [0.25, 0.3) is 0 Å². The average molecular weight is 222 g/mol. The first-order valence-electron chi connectivity index (χ1n) is 3.35. The molecular formula is C6H11ClF3NO2. The lowest BCUT2D eigenvalue weighted by Crippen LogP contribution is -2.36. The molecule has 0 saturated carbocycles. The van der Waals surface area contributed by atoms with E-state index in [0.29, 0.717) is 0 Å². The molecule has 3 nitrogen and oxygen atoms in total. The van der Waals surface area contributed by atoms with Gasteiger partial charge in [-0.1, -0.05) is 0 Å². The fraction of sp³-hybridized carbons (Fsp3) is 0.833. The third kappa shape index (κ3) is 7.86. The molecule has 0 fully saturated rings. The molecule has 0 spiro atoms. The van der Waals surface area contributed by atoms with Gasteiger partial charge >= 0.3 is 12.1 Å². The Kier molecular flexibility index (Phi) is 6.97. The van der Waals surface area contributed by atoms with Crippen LogP contribution in [0.2, 0.25) is 0 Å². The molecule has 0 amide bonds. The molecule has 0 heterocycles. The number of halogens is 4. The van der Waals surface area contributed by atoms with Crippen LogP contribution in [0.25, 0.3) is 0 Å². The van der Waals surface area contributed by atoms with Crippen LogP contribution in [0.15, 0.2) is 0 Å². The van der Waals surface area contributed by atoms with E-state index in [9.17, 15) is 18.0 Å². The van der Waals surface area contributed by atoms with E-state index < -0.39 is 24.6 Å². The number of carbonyl (C=O) groups is 1. The Morgan fingerprint density at radius 2 is 2.00 bits per heavy atom. The van der Waals surface area contributed by atoms with E-state index in [1.165, 1.54) is 6.92 Å². The molecule has 0 aromatic heterocycles. The van der Waals surface area contributed by atoms with Gasteiger partial charge in [0, 0.05) is 0 Å². The molecule has 7 heteroatoms. The van der Waals surface area contributed by atoms with E-state index in [1.54, 1.807) is 0 Å². The molecule has 0 bridgehead atoms. The second kappa shape index (κ2) is 6.04. The number of hydrogen-bond acceptors (Lipinski definition) is 3. The van der Waals surface area contributed by atoms with Gasteiger partial charge in [-0.25, -0.2) is 0 Å². The molecule has 0 unspecified atom stereocenters. The molecule has 1 atom stereocenters. The van der Waals surface area contributed by atoms with Crippen molar-refractivity contribution in [3.05, 3.63) is 0 Å². The lowest BCUT2D eigenvalue weighted by Gasteiger charge is -2.12. The van der Waals surface area contributed by atoms with Crippen molar-refractivity contribution in [3.8, 4) is 0 Å². The van der Waals surface area contributed by atoms with Gasteiger partial charge in [-0.05, 0) is 6.92 Å². The summed E-state index contributed by atoms with van der Waals surface area (Å²) < 4.78 is 39.1. The maximum absolute atomic E-state index is 11.6. The minimum Gasteiger partial charge on any atom is -0.465 e. The van der Waals surface area contributed by atoms with Crippen LogP contribution >= 0.6 is 12.4 Å². The number of alkyl halides is 3. The molecule has 13 heavy (non-hydrogen) atoms. The van der Waals surface area contributed by atoms with Crippen LogP contribution in [0.4, 0.5) is 13.2 Å². The first-order chi connectivity index (χ1) is 5.37. The SMILES string of the molecule is CCOC(=O)[C@H](N)CC(F)(F)F.Cl. The number of nitrogens with two attached hydrogens (primary N) is 1. The largest absolute Gasteiger partial charge is 0.465 e. The predicted molar refractivity (Wildman–Crippen MR) is 42.5 cm³/mol. The van der Waals surface area contributed by atoms with Gasteiger partial charge in [0.05, 0.1) is 13.0 Å². The third-order valence-corrected chi connectivity index (χ3v) is 1.04. The third-order valence-electron chi connectivity index (χ3n) is 1.04. The normalized spacial score (nSPS) is 13.0. The van der Waals surface area contributed by atoms with Gasteiger partial charge in [0.15, 0.2) is 0 Å². The maximum atomic E-state index is 11.6.